The third-order valence-corrected chi connectivity index (χ3v) is 5.57. The van der Waals surface area contributed by atoms with Gasteiger partial charge in [0.15, 0.2) is 0 Å². The molecule has 0 radical (unpaired) electrons. The van der Waals surface area contributed by atoms with E-state index in [1.165, 1.54) is 34.0 Å². The van der Waals surface area contributed by atoms with E-state index in [1.54, 1.807) is 22.8 Å². The Kier molecular flexibility index (Phi) is 9.94. The first-order valence-electron chi connectivity index (χ1n) is 9.96. The fourth-order valence-electron chi connectivity index (χ4n) is 3.72. The normalized spacial score (nSPS) is 17.9. The van der Waals surface area contributed by atoms with Gasteiger partial charge in [0.05, 0.1) is 0 Å². The second kappa shape index (κ2) is 11.4. The molecule has 0 aliphatic heterocycles. The largest absolute Gasteiger partial charge is 0.103 e. The Labute approximate surface area is 169 Å². The summed E-state index contributed by atoms with van der Waals surface area (Å²) in [7, 11) is 0. The SMILES string of the molecule is C=CC.CC.CCC1=CCCC=C1CC1C(C)=C(C)c2ccc(Br)cc21. The minimum atomic E-state index is 0.553. The second-order valence-corrected chi connectivity index (χ2v) is 7.51. The molecule has 0 N–H and O–H groups in total. The number of benzene rings is 1. The molecule has 26 heavy (non-hydrogen) atoms. The Morgan fingerprint density at radius 1 is 1.12 bits per heavy atom. The van der Waals surface area contributed by atoms with Crippen molar-refractivity contribution in [2.75, 3.05) is 0 Å². The number of hydrogen-bond donors (Lipinski definition) is 0. The molecule has 0 amide bonds. The maximum Gasteiger partial charge on any atom is 0.0178 e. The van der Waals surface area contributed by atoms with Crippen LogP contribution in [0.3, 0.4) is 0 Å². The molecule has 1 unspecified atom stereocenters. The predicted molar refractivity (Wildman–Crippen MR) is 123 cm³/mol. The standard InChI is InChI=1S/C20H23Br.C3H6.C2H6/c1-4-15-7-5-6-8-16(15)11-19-14(3)13(2)18-10-9-17(21)12-20(18)19;1-3-2;1-2/h7-10,12,19H,4-6,11H2,1-3H3;3H,1H2,2H3;1-2H3. The molecule has 1 aromatic carbocycles. The minimum Gasteiger partial charge on any atom is -0.103 e. The summed E-state index contributed by atoms with van der Waals surface area (Å²) in [6.45, 7) is 16.1. The van der Waals surface area contributed by atoms with E-state index in [1.807, 2.05) is 20.8 Å². The van der Waals surface area contributed by atoms with Crippen molar-refractivity contribution in [2.45, 2.75) is 73.1 Å². The molecule has 2 aliphatic carbocycles. The second-order valence-electron chi connectivity index (χ2n) is 6.59. The van der Waals surface area contributed by atoms with Crippen LogP contribution >= 0.6 is 15.9 Å². The lowest BCUT2D eigenvalue weighted by Crippen LogP contribution is -2.03. The van der Waals surface area contributed by atoms with Crippen LogP contribution < -0.4 is 0 Å². The number of rotatable bonds is 3. The van der Waals surface area contributed by atoms with Gasteiger partial charge in [-0.15, -0.1) is 6.58 Å². The molecular weight excluding hydrogens is 380 g/mol. The fraction of sp³-hybridized carbons (Fsp3) is 0.440. The first-order chi connectivity index (χ1) is 12.5. The van der Waals surface area contributed by atoms with Gasteiger partial charge in [0.1, 0.15) is 0 Å². The zero-order chi connectivity index (χ0) is 19.7. The molecule has 0 spiro atoms. The van der Waals surface area contributed by atoms with Crippen molar-refractivity contribution in [1.82, 2.24) is 0 Å². The van der Waals surface area contributed by atoms with Crippen LogP contribution in [0.4, 0.5) is 0 Å². The van der Waals surface area contributed by atoms with Gasteiger partial charge in [-0.05, 0) is 86.4 Å². The highest BCUT2D eigenvalue weighted by molar-refractivity contribution is 9.10. The van der Waals surface area contributed by atoms with Crippen LogP contribution in [0.2, 0.25) is 0 Å². The first kappa shape index (κ1) is 22.7. The average molecular weight is 415 g/mol. The monoisotopic (exact) mass is 414 g/mol. The maximum atomic E-state index is 3.64. The summed E-state index contributed by atoms with van der Waals surface area (Å²) < 4.78 is 1.19. The van der Waals surface area contributed by atoms with Gasteiger partial charge in [-0.3, -0.25) is 0 Å². The zero-order valence-corrected chi connectivity index (χ0v) is 19.0. The first-order valence-corrected chi connectivity index (χ1v) is 10.7. The van der Waals surface area contributed by atoms with Crippen molar-refractivity contribution in [2.24, 2.45) is 0 Å². The van der Waals surface area contributed by atoms with E-state index in [0.717, 1.165) is 12.8 Å². The molecule has 1 atom stereocenters. The Bertz CT molecular complexity index is 701. The summed E-state index contributed by atoms with van der Waals surface area (Å²) in [6.07, 6.45) is 11.4. The Morgan fingerprint density at radius 3 is 2.27 bits per heavy atom. The fourth-order valence-corrected chi connectivity index (χ4v) is 4.10. The van der Waals surface area contributed by atoms with Crippen LogP contribution in [0, 0.1) is 0 Å². The third kappa shape index (κ3) is 5.33. The average Bonchev–Trinajstić information content (AvgIpc) is 2.89. The molecule has 0 saturated heterocycles. The maximum absolute atomic E-state index is 3.64. The van der Waals surface area contributed by atoms with Gasteiger partial charge in [-0.25, -0.2) is 0 Å². The number of halogens is 1. The van der Waals surface area contributed by atoms with Crippen LogP contribution in [0.1, 0.15) is 84.3 Å². The van der Waals surface area contributed by atoms with E-state index in [0.29, 0.717) is 5.92 Å². The van der Waals surface area contributed by atoms with E-state index in [4.69, 9.17) is 0 Å². The van der Waals surface area contributed by atoms with Crippen molar-refractivity contribution in [3.05, 3.63) is 75.3 Å². The lowest BCUT2D eigenvalue weighted by atomic mass is 9.84. The van der Waals surface area contributed by atoms with E-state index < -0.39 is 0 Å². The number of allylic oxidation sites excluding steroid dienone is 7. The molecule has 0 nitrogen and oxygen atoms in total. The quantitative estimate of drug-likeness (QED) is 0.432. The topological polar surface area (TPSA) is 0 Å². The molecule has 1 aromatic rings. The Morgan fingerprint density at radius 2 is 1.69 bits per heavy atom. The Balaban J connectivity index is 0.000000615. The molecule has 0 heterocycles. The van der Waals surface area contributed by atoms with Crippen molar-refractivity contribution in [3.8, 4) is 0 Å². The van der Waals surface area contributed by atoms with Crippen LogP contribution in [0.15, 0.2) is 64.2 Å². The molecule has 142 valence electrons. The molecule has 2 aliphatic rings. The molecule has 1 heteroatoms. The van der Waals surface area contributed by atoms with E-state index in [-0.39, 0.29) is 0 Å². The van der Waals surface area contributed by atoms with Crippen LogP contribution in [-0.2, 0) is 0 Å². The van der Waals surface area contributed by atoms with Gasteiger partial charge in [0.25, 0.3) is 0 Å². The zero-order valence-electron chi connectivity index (χ0n) is 17.5. The number of fused-ring (bicyclic) bond motifs is 1. The lowest BCUT2D eigenvalue weighted by Gasteiger charge is -2.21. The van der Waals surface area contributed by atoms with E-state index >= 15 is 0 Å². The summed E-state index contributed by atoms with van der Waals surface area (Å²) in [6, 6.07) is 6.75. The molecular formula is C25H35Br. The highest BCUT2D eigenvalue weighted by Crippen LogP contribution is 2.46. The van der Waals surface area contributed by atoms with E-state index in [2.05, 4.69) is 73.6 Å². The summed E-state index contributed by atoms with van der Waals surface area (Å²) in [5.74, 6) is 0.553. The lowest BCUT2D eigenvalue weighted by molar-refractivity contribution is 0.774. The van der Waals surface area contributed by atoms with Gasteiger partial charge in [-0.2, -0.15) is 0 Å². The predicted octanol–water partition coefficient (Wildman–Crippen LogP) is 9.00. The molecule has 0 fully saturated rings. The van der Waals surface area contributed by atoms with Crippen molar-refractivity contribution in [3.63, 3.8) is 0 Å². The minimum absolute atomic E-state index is 0.553. The smallest absolute Gasteiger partial charge is 0.0178 e. The highest BCUT2D eigenvalue weighted by atomic mass is 79.9. The highest BCUT2D eigenvalue weighted by Gasteiger charge is 2.28. The van der Waals surface area contributed by atoms with Crippen molar-refractivity contribution < 1.29 is 0 Å². The summed E-state index contributed by atoms with van der Waals surface area (Å²) >= 11 is 3.64. The van der Waals surface area contributed by atoms with Gasteiger partial charge in [-0.1, -0.05) is 66.6 Å². The molecule has 0 saturated carbocycles. The van der Waals surface area contributed by atoms with Crippen molar-refractivity contribution in [1.29, 1.82) is 0 Å². The Hall–Kier alpha value is -1.34. The van der Waals surface area contributed by atoms with Crippen molar-refractivity contribution >= 4 is 21.5 Å². The summed E-state index contributed by atoms with van der Waals surface area (Å²) in [5.41, 5.74) is 9.11. The molecule has 3 rings (SSSR count). The van der Waals surface area contributed by atoms with Crippen LogP contribution in [0.5, 0.6) is 0 Å². The third-order valence-electron chi connectivity index (χ3n) is 5.07. The van der Waals surface area contributed by atoms with Gasteiger partial charge >= 0.3 is 0 Å². The van der Waals surface area contributed by atoms with Crippen LogP contribution in [0.25, 0.3) is 5.57 Å². The summed E-state index contributed by atoms with van der Waals surface area (Å²) in [5, 5.41) is 0. The van der Waals surface area contributed by atoms with Crippen LogP contribution in [-0.4, -0.2) is 0 Å². The van der Waals surface area contributed by atoms with E-state index in [9.17, 15) is 0 Å². The van der Waals surface area contributed by atoms with Gasteiger partial charge in [0.2, 0.25) is 0 Å². The summed E-state index contributed by atoms with van der Waals surface area (Å²) in [4.78, 5) is 0. The number of hydrogen-bond acceptors (Lipinski definition) is 0. The molecule has 0 aromatic heterocycles. The van der Waals surface area contributed by atoms with Gasteiger partial charge < -0.3 is 0 Å². The van der Waals surface area contributed by atoms with Gasteiger partial charge in [0, 0.05) is 10.4 Å². The molecule has 0 bridgehead atoms.